The molecule has 0 aliphatic rings. The summed E-state index contributed by atoms with van der Waals surface area (Å²) in [5, 5.41) is 11.5. The Labute approximate surface area is 155 Å². The summed E-state index contributed by atoms with van der Waals surface area (Å²) in [5.74, 6) is 2.38. The van der Waals surface area contributed by atoms with Crippen LogP contribution in [0.15, 0.2) is 47.6 Å². The fourth-order valence-electron chi connectivity index (χ4n) is 2.45. The van der Waals surface area contributed by atoms with E-state index in [1.807, 2.05) is 30.3 Å². The van der Waals surface area contributed by atoms with Gasteiger partial charge in [-0.1, -0.05) is 30.3 Å². The van der Waals surface area contributed by atoms with Gasteiger partial charge in [-0.2, -0.15) is 14.9 Å². The first-order chi connectivity index (χ1) is 12.7. The number of nitrogens with zero attached hydrogens (tertiary/aromatic N) is 3. The number of ether oxygens (including phenoxy) is 3. The van der Waals surface area contributed by atoms with Gasteiger partial charge in [0.25, 0.3) is 0 Å². The molecule has 0 saturated carbocycles. The number of hydrogen-bond donors (Lipinski definition) is 1. The van der Waals surface area contributed by atoms with Gasteiger partial charge in [0.2, 0.25) is 4.77 Å². The lowest BCUT2D eigenvalue weighted by molar-refractivity contribution is 0.374. The molecule has 0 aliphatic heterocycles. The second kappa shape index (κ2) is 7.83. The molecule has 0 atom stereocenters. The first-order valence-electron chi connectivity index (χ1n) is 7.75. The lowest BCUT2D eigenvalue weighted by atomic mass is 10.2. The van der Waals surface area contributed by atoms with Crippen molar-refractivity contribution in [2.75, 3.05) is 21.3 Å². The summed E-state index contributed by atoms with van der Waals surface area (Å²) in [6, 6.07) is 13.2. The molecule has 0 aliphatic carbocycles. The molecule has 0 radical (unpaired) electrons. The monoisotopic (exact) mass is 370 g/mol. The zero-order valence-electron chi connectivity index (χ0n) is 14.6. The molecular weight excluding hydrogens is 352 g/mol. The van der Waals surface area contributed by atoms with Gasteiger partial charge in [0.15, 0.2) is 5.82 Å². The third kappa shape index (κ3) is 3.45. The Balaban J connectivity index is 2.07. The predicted octanol–water partition coefficient (Wildman–Crippen LogP) is 3.52. The van der Waals surface area contributed by atoms with Crippen LogP contribution in [0.4, 0.5) is 0 Å². The molecule has 0 fully saturated rings. The van der Waals surface area contributed by atoms with E-state index in [-0.39, 0.29) is 0 Å². The number of rotatable bonds is 6. The van der Waals surface area contributed by atoms with Crippen LogP contribution in [0.1, 0.15) is 5.56 Å². The van der Waals surface area contributed by atoms with Crippen molar-refractivity contribution in [3.63, 3.8) is 0 Å². The maximum atomic E-state index is 5.44. The molecule has 134 valence electrons. The Kier molecular flexibility index (Phi) is 5.33. The number of nitrogens with one attached hydrogen (secondary N) is 1. The molecule has 0 saturated heterocycles. The van der Waals surface area contributed by atoms with Crippen molar-refractivity contribution in [2.24, 2.45) is 5.10 Å². The summed E-state index contributed by atoms with van der Waals surface area (Å²) in [6.45, 7) is 0. The lowest BCUT2D eigenvalue weighted by Gasteiger charge is -2.12. The Morgan fingerprint density at radius 1 is 1.04 bits per heavy atom. The Morgan fingerprint density at radius 2 is 1.69 bits per heavy atom. The number of H-pyrrole nitrogens is 1. The summed E-state index contributed by atoms with van der Waals surface area (Å²) in [7, 11) is 4.73. The number of hydrogen-bond acceptors (Lipinski definition) is 6. The molecule has 1 heterocycles. The van der Waals surface area contributed by atoms with Crippen molar-refractivity contribution >= 4 is 18.4 Å². The molecule has 3 aromatic rings. The maximum absolute atomic E-state index is 5.44. The summed E-state index contributed by atoms with van der Waals surface area (Å²) < 4.78 is 18.1. The van der Waals surface area contributed by atoms with E-state index in [1.165, 1.54) is 0 Å². The molecule has 8 heteroatoms. The average molecular weight is 370 g/mol. The molecule has 1 aromatic heterocycles. The van der Waals surface area contributed by atoms with Gasteiger partial charge in [-0.3, -0.25) is 0 Å². The van der Waals surface area contributed by atoms with Crippen molar-refractivity contribution < 1.29 is 14.2 Å². The van der Waals surface area contributed by atoms with Crippen molar-refractivity contribution in [3.8, 4) is 28.6 Å². The van der Waals surface area contributed by atoms with Crippen LogP contribution in [0.2, 0.25) is 0 Å². The maximum Gasteiger partial charge on any atom is 0.216 e. The minimum Gasteiger partial charge on any atom is -0.496 e. The Bertz CT molecular complexity index is 955. The van der Waals surface area contributed by atoms with Gasteiger partial charge in [-0.15, -0.1) is 0 Å². The van der Waals surface area contributed by atoms with Crippen LogP contribution in [0.5, 0.6) is 17.2 Å². The number of aromatic amines is 1. The van der Waals surface area contributed by atoms with E-state index in [4.69, 9.17) is 26.4 Å². The van der Waals surface area contributed by atoms with Crippen LogP contribution in [0, 0.1) is 4.77 Å². The van der Waals surface area contributed by atoms with Crippen LogP contribution in [-0.4, -0.2) is 42.4 Å². The van der Waals surface area contributed by atoms with Crippen LogP contribution < -0.4 is 14.2 Å². The highest BCUT2D eigenvalue weighted by Gasteiger charge is 2.13. The molecule has 0 unspecified atom stereocenters. The molecule has 2 aromatic carbocycles. The summed E-state index contributed by atoms with van der Waals surface area (Å²) in [5.41, 5.74) is 1.56. The van der Waals surface area contributed by atoms with E-state index < -0.39 is 0 Å². The van der Waals surface area contributed by atoms with Gasteiger partial charge in [0.05, 0.1) is 33.1 Å². The van der Waals surface area contributed by atoms with Crippen molar-refractivity contribution in [3.05, 3.63) is 52.8 Å². The van der Waals surface area contributed by atoms with E-state index in [1.54, 1.807) is 44.4 Å². The van der Waals surface area contributed by atoms with Crippen molar-refractivity contribution in [1.82, 2.24) is 14.9 Å². The van der Waals surface area contributed by atoms with E-state index >= 15 is 0 Å². The number of methoxy groups -OCH3 is 3. The molecular formula is C18H18N4O3S. The van der Waals surface area contributed by atoms with E-state index in [0.29, 0.717) is 33.4 Å². The van der Waals surface area contributed by atoms with Crippen molar-refractivity contribution in [2.45, 2.75) is 0 Å². The molecule has 0 bridgehead atoms. The third-order valence-electron chi connectivity index (χ3n) is 3.74. The number of benzene rings is 2. The Morgan fingerprint density at radius 3 is 2.27 bits per heavy atom. The summed E-state index contributed by atoms with van der Waals surface area (Å²) >= 11 is 5.30. The van der Waals surface area contributed by atoms with Crippen LogP contribution in [0.25, 0.3) is 11.4 Å². The minimum absolute atomic E-state index is 0.381. The molecule has 0 spiro atoms. The minimum atomic E-state index is 0.381. The average Bonchev–Trinajstić information content (AvgIpc) is 3.06. The van der Waals surface area contributed by atoms with Gasteiger partial charge in [0.1, 0.15) is 17.2 Å². The van der Waals surface area contributed by atoms with Gasteiger partial charge >= 0.3 is 0 Å². The lowest BCUT2D eigenvalue weighted by Crippen LogP contribution is -2.00. The second-order valence-electron chi connectivity index (χ2n) is 5.22. The molecule has 26 heavy (non-hydrogen) atoms. The molecule has 0 amide bonds. The fourth-order valence-corrected chi connectivity index (χ4v) is 2.63. The first-order valence-corrected chi connectivity index (χ1v) is 8.16. The van der Waals surface area contributed by atoms with Crippen LogP contribution in [-0.2, 0) is 0 Å². The van der Waals surface area contributed by atoms with Gasteiger partial charge in [-0.25, -0.2) is 5.10 Å². The highest BCUT2D eigenvalue weighted by molar-refractivity contribution is 7.71. The Hall–Kier alpha value is -3.13. The van der Waals surface area contributed by atoms with E-state index in [0.717, 1.165) is 5.56 Å². The summed E-state index contributed by atoms with van der Waals surface area (Å²) in [6.07, 6.45) is 1.62. The fraction of sp³-hybridized carbons (Fsp3) is 0.167. The molecule has 7 nitrogen and oxygen atoms in total. The normalized spacial score (nSPS) is 10.9. The standard InChI is InChI=1S/C18H18N4O3S/c1-23-13-9-15(24-2)14(16(10-13)25-3)11-19-22-17(20-21-18(22)26)12-7-5-4-6-8-12/h4-11H,1-3H3,(H,21,26)/b19-11+. The zero-order chi connectivity index (χ0) is 18.5. The van der Waals surface area contributed by atoms with Crippen molar-refractivity contribution in [1.29, 1.82) is 0 Å². The van der Waals surface area contributed by atoms with Gasteiger partial charge in [-0.05, 0) is 12.2 Å². The quantitative estimate of drug-likeness (QED) is 0.531. The smallest absolute Gasteiger partial charge is 0.216 e. The first kappa shape index (κ1) is 17.7. The second-order valence-corrected chi connectivity index (χ2v) is 5.61. The van der Waals surface area contributed by atoms with Gasteiger partial charge < -0.3 is 14.2 Å². The highest BCUT2D eigenvalue weighted by Crippen LogP contribution is 2.32. The van der Waals surface area contributed by atoms with Gasteiger partial charge in [0, 0.05) is 17.7 Å². The molecule has 1 N–H and O–H groups in total. The van der Waals surface area contributed by atoms with E-state index in [2.05, 4.69) is 15.3 Å². The predicted molar refractivity (Wildman–Crippen MR) is 102 cm³/mol. The summed E-state index contributed by atoms with van der Waals surface area (Å²) in [4.78, 5) is 0. The number of aromatic nitrogens is 3. The zero-order valence-corrected chi connectivity index (χ0v) is 15.4. The van der Waals surface area contributed by atoms with Crippen LogP contribution >= 0.6 is 12.2 Å². The highest BCUT2D eigenvalue weighted by atomic mass is 32.1. The third-order valence-corrected chi connectivity index (χ3v) is 4.00. The molecule has 3 rings (SSSR count). The topological polar surface area (TPSA) is 73.7 Å². The SMILES string of the molecule is COc1cc(OC)c(/C=N/n2c(-c3ccccc3)n[nH]c2=S)c(OC)c1. The largest absolute Gasteiger partial charge is 0.496 e. The van der Waals surface area contributed by atoms with E-state index in [9.17, 15) is 0 Å². The van der Waals surface area contributed by atoms with Crippen LogP contribution in [0.3, 0.4) is 0 Å².